The van der Waals surface area contributed by atoms with E-state index in [1.165, 1.54) is 0 Å². The second-order valence-electron chi connectivity index (χ2n) is 10.7. The van der Waals surface area contributed by atoms with E-state index in [2.05, 4.69) is 20.8 Å². The number of nitrogens with one attached hydrogen (secondary N) is 3. The number of aromatic amines is 1. The molecule has 10 nitrogen and oxygen atoms in total. The molecule has 198 valence electrons. The molecule has 0 spiro atoms. The Hall–Kier alpha value is -3.56. The van der Waals surface area contributed by atoms with Crippen molar-refractivity contribution in [1.29, 1.82) is 0 Å². The molecule has 2 saturated carbocycles. The summed E-state index contributed by atoms with van der Waals surface area (Å²) in [6.07, 6.45) is 5.32. The lowest BCUT2D eigenvalue weighted by Gasteiger charge is -2.20. The molecule has 10 heteroatoms. The number of ether oxygens (including phenoxy) is 2. The molecule has 1 aliphatic heterocycles. The highest BCUT2D eigenvalue weighted by Gasteiger charge is 2.40. The standard InChI is InChI=1S/C27H35N5O5/c1-16(20-9-7-18(14-22(20)36-3)32-12-4-5-24(32)33)25(34)28-23-15-21(30-31-23)17-6-8-19(13-17)37-26(35)29-27(2)10-11-27/h7,9,14-17,19H,4-6,8,10-13H2,1-3H3,(H,29,35)(H2,28,30,31,34)/t16?,17-,19-/m0/s1. The van der Waals surface area contributed by atoms with Crippen molar-refractivity contribution in [1.82, 2.24) is 15.5 Å². The maximum Gasteiger partial charge on any atom is 0.407 e. The van der Waals surface area contributed by atoms with Crippen molar-refractivity contribution in [3.05, 3.63) is 35.5 Å². The van der Waals surface area contributed by atoms with Gasteiger partial charge in [-0.25, -0.2) is 4.79 Å². The molecule has 0 radical (unpaired) electrons. The zero-order valence-electron chi connectivity index (χ0n) is 21.6. The molecule has 3 aliphatic rings. The topological polar surface area (TPSA) is 126 Å². The Labute approximate surface area is 216 Å². The van der Waals surface area contributed by atoms with Crippen molar-refractivity contribution < 1.29 is 23.9 Å². The van der Waals surface area contributed by atoms with Crippen molar-refractivity contribution in [2.75, 3.05) is 23.9 Å². The SMILES string of the molecule is COc1cc(N2CCCC2=O)ccc1C(C)C(=O)Nc1cc([C@H]2CC[C@H](OC(=O)NC3(C)CC3)C2)[nH]n1. The second-order valence-corrected chi connectivity index (χ2v) is 10.7. The average Bonchev–Trinajstić information content (AvgIpc) is 3.28. The number of methoxy groups -OCH3 is 1. The summed E-state index contributed by atoms with van der Waals surface area (Å²) in [7, 11) is 1.56. The molecule has 3 fully saturated rings. The quantitative estimate of drug-likeness (QED) is 0.490. The number of nitrogens with zero attached hydrogens (tertiary/aromatic N) is 2. The number of H-pyrrole nitrogens is 1. The number of carbonyl (C=O) groups is 3. The Morgan fingerprint density at radius 2 is 2.05 bits per heavy atom. The Morgan fingerprint density at radius 1 is 1.24 bits per heavy atom. The summed E-state index contributed by atoms with van der Waals surface area (Å²) in [6.45, 7) is 4.53. The molecule has 0 bridgehead atoms. The van der Waals surface area contributed by atoms with Crippen LogP contribution in [0.4, 0.5) is 16.3 Å². The number of anilines is 2. The molecule has 37 heavy (non-hydrogen) atoms. The molecule has 3 N–H and O–H groups in total. The predicted octanol–water partition coefficient (Wildman–Crippen LogP) is 4.20. The fraction of sp³-hybridized carbons (Fsp3) is 0.556. The summed E-state index contributed by atoms with van der Waals surface area (Å²) in [4.78, 5) is 39.0. The molecule has 2 aliphatic carbocycles. The van der Waals surface area contributed by atoms with E-state index in [1.54, 1.807) is 12.0 Å². The van der Waals surface area contributed by atoms with Gasteiger partial charge in [-0.3, -0.25) is 14.7 Å². The molecule has 2 heterocycles. The largest absolute Gasteiger partial charge is 0.496 e. The van der Waals surface area contributed by atoms with Gasteiger partial charge < -0.3 is 25.0 Å². The third-order valence-electron chi connectivity index (χ3n) is 7.81. The number of carbonyl (C=O) groups excluding carboxylic acids is 3. The van der Waals surface area contributed by atoms with E-state index >= 15 is 0 Å². The number of rotatable bonds is 8. The van der Waals surface area contributed by atoms with Gasteiger partial charge in [0.15, 0.2) is 5.82 Å². The van der Waals surface area contributed by atoms with Crippen LogP contribution in [-0.2, 0) is 14.3 Å². The third-order valence-corrected chi connectivity index (χ3v) is 7.81. The number of alkyl carbamates (subject to hydrolysis) is 1. The van der Waals surface area contributed by atoms with Crippen LogP contribution < -0.4 is 20.3 Å². The molecule has 1 aromatic heterocycles. The maximum atomic E-state index is 13.0. The van der Waals surface area contributed by atoms with Gasteiger partial charge in [0.1, 0.15) is 11.9 Å². The highest BCUT2D eigenvalue weighted by atomic mass is 16.6. The van der Waals surface area contributed by atoms with Gasteiger partial charge in [0.05, 0.1) is 13.0 Å². The Bertz CT molecular complexity index is 1190. The molecule has 2 aromatic rings. The van der Waals surface area contributed by atoms with E-state index in [9.17, 15) is 14.4 Å². The van der Waals surface area contributed by atoms with Crippen LogP contribution in [-0.4, -0.2) is 53.4 Å². The van der Waals surface area contributed by atoms with E-state index in [0.717, 1.165) is 55.5 Å². The van der Waals surface area contributed by atoms with E-state index in [1.807, 2.05) is 38.1 Å². The highest BCUT2D eigenvalue weighted by Crippen LogP contribution is 2.38. The summed E-state index contributed by atoms with van der Waals surface area (Å²) >= 11 is 0. The first kappa shape index (κ1) is 25.1. The van der Waals surface area contributed by atoms with E-state index in [0.29, 0.717) is 24.5 Å². The molecule has 3 atom stereocenters. The van der Waals surface area contributed by atoms with Crippen molar-refractivity contribution >= 4 is 29.4 Å². The second kappa shape index (κ2) is 10.1. The van der Waals surface area contributed by atoms with Crippen LogP contribution in [0.3, 0.4) is 0 Å². The first-order valence-electron chi connectivity index (χ1n) is 13.1. The fourth-order valence-corrected chi connectivity index (χ4v) is 5.20. The minimum absolute atomic E-state index is 0.0955. The summed E-state index contributed by atoms with van der Waals surface area (Å²) in [5, 5.41) is 13.1. The van der Waals surface area contributed by atoms with Gasteiger partial charge in [0.2, 0.25) is 11.8 Å². The van der Waals surface area contributed by atoms with Gasteiger partial charge >= 0.3 is 6.09 Å². The van der Waals surface area contributed by atoms with Crippen molar-refractivity contribution in [2.24, 2.45) is 0 Å². The number of hydrogen-bond acceptors (Lipinski definition) is 6. The van der Waals surface area contributed by atoms with E-state index < -0.39 is 5.92 Å². The molecule has 3 amide bonds. The van der Waals surface area contributed by atoms with Crippen LogP contribution in [0.1, 0.15) is 81.9 Å². The Morgan fingerprint density at radius 3 is 2.76 bits per heavy atom. The summed E-state index contributed by atoms with van der Waals surface area (Å²) in [6, 6.07) is 7.38. The number of aromatic nitrogens is 2. The zero-order valence-corrected chi connectivity index (χ0v) is 21.6. The predicted molar refractivity (Wildman–Crippen MR) is 138 cm³/mol. The van der Waals surface area contributed by atoms with Crippen LogP contribution in [0.5, 0.6) is 5.75 Å². The normalized spacial score (nSPS) is 23.0. The van der Waals surface area contributed by atoms with Crippen LogP contribution in [0.25, 0.3) is 0 Å². The minimum Gasteiger partial charge on any atom is -0.496 e. The Kier molecular flexibility index (Phi) is 6.83. The van der Waals surface area contributed by atoms with Gasteiger partial charge in [0.25, 0.3) is 0 Å². The van der Waals surface area contributed by atoms with Crippen molar-refractivity contribution in [3.8, 4) is 5.75 Å². The lowest BCUT2D eigenvalue weighted by molar-refractivity contribution is -0.118. The zero-order chi connectivity index (χ0) is 26.2. The van der Waals surface area contributed by atoms with Crippen LogP contribution in [0, 0.1) is 0 Å². The number of hydrogen-bond donors (Lipinski definition) is 3. The third kappa shape index (κ3) is 5.57. The van der Waals surface area contributed by atoms with Gasteiger partial charge in [-0.05, 0) is 58.4 Å². The molecule has 5 rings (SSSR count). The minimum atomic E-state index is -0.491. The summed E-state index contributed by atoms with van der Waals surface area (Å²) in [5.41, 5.74) is 2.34. The monoisotopic (exact) mass is 509 g/mol. The highest BCUT2D eigenvalue weighted by molar-refractivity contribution is 5.97. The molecular formula is C27H35N5O5. The van der Waals surface area contributed by atoms with Crippen LogP contribution in [0.15, 0.2) is 24.3 Å². The van der Waals surface area contributed by atoms with E-state index in [-0.39, 0.29) is 35.5 Å². The van der Waals surface area contributed by atoms with Crippen molar-refractivity contribution in [2.45, 2.75) is 82.3 Å². The van der Waals surface area contributed by atoms with Crippen molar-refractivity contribution in [3.63, 3.8) is 0 Å². The smallest absolute Gasteiger partial charge is 0.407 e. The number of amides is 3. The van der Waals surface area contributed by atoms with Gasteiger partial charge in [-0.2, -0.15) is 5.10 Å². The van der Waals surface area contributed by atoms with E-state index in [4.69, 9.17) is 9.47 Å². The number of benzene rings is 1. The first-order valence-corrected chi connectivity index (χ1v) is 13.1. The summed E-state index contributed by atoms with van der Waals surface area (Å²) < 4.78 is 11.2. The lowest BCUT2D eigenvalue weighted by atomic mass is 9.98. The molecular weight excluding hydrogens is 474 g/mol. The van der Waals surface area contributed by atoms with Gasteiger partial charge in [-0.15, -0.1) is 0 Å². The first-order chi connectivity index (χ1) is 17.7. The fourth-order valence-electron chi connectivity index (χ4n) is 5.20. The van der Waals surface area contributed by atoms with Gasteiger partial charge in [-0.1, -0.05) is 6.07 Å². The summed E-state index contributed by atoms with van der Waals surface area (Å²) in [5.74, 6) is 0.610. The average molecular weight is 510 g/mol. The van der Waals surface area contributed by atoms with Crippen LogP contribution in [0.2, 0.25) is 0 Å². The molecule has 1 aromatic carbocycles. The lowest BCUT2D eigenvalue weighted by Crippen LogP contribution is -2.36. The maximum absolute atomic E-state index is 13.0. The van der Waals surface area contributed by atoms with Gasteiger partial charge in [0, 0.05) is 53.5 Å². The van der Waals surface area contributed by atoms with Crippen LogP contribution >= 0.6 is 0 Å². The Balaban J connectivity index is 1.17. The molecule has 1 saturated heterocycles. The molecule has 1 unspecified atom stereocenters.